The number of halogens is 2. The van der Waals surface area contributed by atoms with E-state index < -0.39 is 16.1 Å². The van der Waals surface area contributed by atoms with Gasteiger partial charge in [0.2, 0.25) is 21.8 Å². The predicted octanol–water partition coefficient (Wildman–Crippen LogP) is 5.49. The number of amides is 2. The number of carbonyl (C=O) groups excluding carboxylic acids is 2. The van der Waals surface area contributed by atoms with E-state index in [0.29, 0.717) is 27.8 Å². The number of nitrogens with one attached hydrogen (secondary N) is 1. The molecule has 2 aromatic carbocycles. The van der Waals surface area contributed by atoms with Crippen molar-refractivity contribution in [2.45, 2.75) is 66.0 Å². The number of carbonyl (C=O) groups is 2. The first kappa shape index (κ1) is 30.9. The number of anilines is 1. The Balaban J connectivity index is 2.22. The molecule has 0 aliphatic carbocycles. The summed E-state index contributed by atoms with van der Waals surface area (Å²) in [4.78, 5) is 27.7. The number of rotatable bonds is 13. The number of benzene rings is 2. The summed E-state index contributed by atoms with van der Waals surface area (Å²) >= 11 is 12.7. The second-order valence-electron chi connectivity index (χ2n) is 9.25. The minimum atomic E-state index is -3.56. The van der Waals surface area contributed by atoms with Crippen LogP contribution in [0.4, 0.5) is 5.69 Å². The number of hydrogen-bond donors (Lipinski definition) is 1. The van der Waals surface area contributed by atoms with Gasteiger partial charge in [0.25, 0.3) is 0 Å². The van der Waals surface area contributed by atoms with Gasteiger partial charge in [-0.3, -0.25) is 13.9 Å². The van der Waals surface area contributed by atoms with Crippen molar-refractivity contribution in [1.29, 1.82) is 0 Å². The molecule has 0 aliphatic rings. The van der Waals surface area contributed by atoms with Gasteiger partial charge in [0, 0.05) is 41.7 Å². The maximum atomic E-state index is 13.4. The van der Waals surface area contributed by atoms with Gasteiger partial charge in [-0.1, -0.05) is 48.7 Å². The molecular weight excluding hydrogens is 533 g/mol. The van der Waals surface area contributed by atoms with Crippen LogP contribution in [0.1, 0.15) is 56.2 Å². The van der Waals surface area contributed by atoms with E-state index in [1.807, 2.05) is 32.9 Å². The zero-order valence-electron chi connectivity index (χ0n) is 22.2. The van der Waals surface area contributed by atoms with E-state index in [9.17, 15) is 18.0 Å². The molecule has 0 saturated carbocycles. The van der Waals surface area contributed by atoms with Gasteiger partial charge in [0.15, 0.2) is 0 Å². The maximum absolute atomic E-state index is 13.4. The summed E-state index contributed by atoms with van der Waals surface area (Å²) in [6.45, 7) is 8.30. The molecule has 0 aromatic heterocycles. The quantitative estimate of drug-likeness (QED) is 0.323. The van der Waals surface area contributed by atoms with E-state index in [1.165, 1.54) is 9.21 Å². The Hall–Kier alpha value is -2.29. The number of unbranched alkanes of at least 4 members (excludes halogenated alkanes) is 1. The van der Waals surface area contributed by atoms with Crippen LogP contribution in [-0.2, 0) is 26.2 Å². The number of nitrogens with zero attached hydrogens (tertiary/aromatic N) is 2. The average Bonchev–Trinajstić information content (AvgIpc) is 2.82. The Morgan fingerprint density at radius 2 is 1.68 bits per heavy atom. The monoisotopic (exact) mass is 569 g/mol. The number of aryl methyl sites for hydroxylation is 2. The zero-order chi connectivity index (χ0) is 27.8. The first-order chi connectivity index (χ1) is 17.4. The lowest BCUT2D eigenvalue weighted by molar-refractivity contribution is -0.140. The van der Waals surface area contributed by atoms with Gasteiger partial charge < -0.3 is 10.2 Å². The summed E-state index contributed by atoms with van der Waals surface area (Å²) in [5.41, 5.74) is 3.15. The Morgan fingerprint density at radius 1 is 1.03 bits per heavy atom. The van der Waals surface area contributed by atoms with Gasteiger partial charge in [0.1, 0.15) is 6.04 Å². The zero-order valence-corrected chi connectivity index (χ0v) is 24.5. The van der Waals surface area contributed by atoms with Crippen LogP contribution in [-0.4, -0.2) is 50.5 Å². The van der Waals surface area contributed by atoms with Gasteiger partial charge in [-0.05, 0) is 69.0 Å². The molecule has 2 amide bonds. The molecule has 7 nitrogen and oxygen atoms in total. The fourth-order valence-electron chi connectivity index (χ4n) is 3.86. The topological polar surface area (TPSA) is 86.8 Å². The molecular formula is C27H37Cl2N3O4S. The first-order valence-electron chi connectivity index (χ1n) is 12.4. The van der Waals surface area contributed by atoms with Crippen molar-refractivity contribution >= 4 is 50.7 Å². The van der Waals surface area contributed by atoms with E-state index in [-0.39, 0.29) is 37.7 Å². The Labute approximate surface area is 231 Å². The van der Waals surface area contributed by atoms with E-state index in [2.05, 4.69) is 5.32 Å². The minimum absolute atomic E-state index is 0.0471. The smallest absolute Gasteiger partial charge is 0.242 e. The Bertz CT molecular complexity index is 1180. The van der Waals surface area contributed by atoms with Crippen LogP contribution >= 0.6 is 23.2 Å². The lowest BCUT2D eigenvalue weighted by Crippen LogP contribution is -2.48. The van der Waals surface area contributed by atoms with E-state index in [4.69, 9.17) is 23.2 Å². The SMILES string of the molecule is CCCCNC(=O)C(C)N(Cc1c(Cl)cccc1Cl)C(=O)CCCN(c1ccc(C)c(C)c1)S(C)(=O)=O. The minimum Gasteiger partial charge on any atom is -0.354 e. The van der Waals surface area contributed by atoms with Gasteiger partial charge in [-0.15, -0.1) is 0 Å². The van der Waals surface area contributed by atoms with Crippen LogP contribution in [0.5, 0.6) is 0 Å². The molecule has 1 unspecified atom stereocenters. The third kappa shape index (κ3) is 8.90. The van der Waals surface area contributed by atoms with Crippen molar-refractivity contribution in [1.82, 2.24) is 10.2 Å². The lowest BCUT2D eigenvalue weighted by Gasteiger charge is -2.30. The second-order valence-corrected chi connectivity index (χ2v) is 12.0. The van der Waals surface area contributed by atoms with Crippen molar-refractivity contribution in [2.24, 2.45) is 0 Å². The van der Waals surface area contributed by atoms with E-state index in [0.717, 1.165) is 30.2 Å². The Kier molecular flexibility index (Phi) is 11.7. The van der Waals surface area contributed by atoms with Gasteiger partial charge in [0.05, 0.1) is 11.9 Å². The number of hydrogen-bond acceptors (Lipinski definition) is 4. The second kappa shape index (κ2) is 14.0. The van der Waals surface area contributed by atoms with Crippen molar-refractivity contribution in [3.8, 4) is 0 Å². The normalized spacial score (nSPS) is 12.2. The van der Waals surface area contributed by atoms with Crippen LogP contribution in [0.15, 0.2) is 36.4 Å². The highest BCUT2D eigenvalue weighted by Crippen LogP contribution is 2.27. The summed E-state index contributed by atoms with van der Waals surface area (Å²) in [6.07, 6.45) is 3.24. The van der Waals surface area contributed by atoms with Crippen molar-refractivity contribution in [3.63, 3.8) is 0 Å². The average molecular weight is 571 g/mol. The predicted molar refractivity (Wildman–Crippen MR) is 152 cm³/mol. The van der Waals surface area contributed by atoms with Crippen molar-refractivity contribution < 1.29 is 18.0 Å². The van der Waals surface area contributed by atoms with Crippen LogP contribution < -0.4 is 9.62 Å². The fraction of sp³-hybridized carbons (Fsp3) is 0.481. The molecule has 1 N–H and O–H groups in total. The molecule has 0 saturated heterocycles. The number of sulfonamides is 1. The molecule has 0 fully saturated rings. The van der Waals surface area contributed by atoms with Gasteiger partial charge in [-0.25, -0.2) is 8.42 Å². The highest BCUT2D eigenvalue weighted by Gasteiger charge is 2.27. The van der Waals surface area contributed by atoms with Gasteiger partial charge >= 0.3 is 0 Å². The summed E-state index contributed by atoms with van der Waals surface area (Å²) < 4.78 is 26.4. The molecule has 2 rings (SSSR count). The molecule has 0 aliphatic heterocycles. The Morgan fingerprint density at radius 3 is 2.24 bits per heavy atom. The fourth-order valence-corrected chi connectivity index (χ4v) is 5.33. The van der Waals surface area contributed by atoms with E-state index in [1.54, 1.807) is 31.2 Å². The molecule has 10 heteroatoms. The summed E-state index contributed by atoms with van der Waals surface area (Å²) in [6, 6.07) is 9.79. The van der Waals surface area contributed by atoms with E-state index >= 15 is 0 Å². The summed E-state index contributed by atoms with van der Waals surface area (Å²) in [5, 5.41) is 3.68. The van der Waals surface area contributed by atoms with Crippen LogP contribution in [0, 0.1) is 13.8 Å². The summed E-state index contributed by atoms with van der Waals surface area (Å²) in [7, 11) is -3.56. The lowest BCUT2D eigenvalue weighted by atomic mass is 10.1. The standard InChI is InChI=1S/C27H37Cl2N3O4S/c1-6-7-15-30-27(34)21(4)31(18-23-24(28)10-8-11-25(23)29)26(33)12-9-16-32(37(5,35)36)22-14-13-19(2)20(3)17-22/h8,10-11,13-14,17,21H,6-7,9,12,15-16,18H2,1-5H3,(H,30,34). The third-order valence-corrected chi connectivity index (χ3v) is 8.22. The molecule has 1 atom stereocenters. The van der Waals surface area contributed by atoms with Crippen LogP contribution in [0.3, 0.4) is 0 Å². The molecule has 0 spiro atoms. The first-order valence-corrected chi connectivity index (χ1v) is 15.0. The molecule has 0 heterocycles. The molecule has 0 bridgehead atoms. The van der Waals surface area contributed by atoms with Gasteiger partial charge in [-0.2, -0.15) is 0 Å². The molecule has 2 aromatic rings. The summed E-state index contributed by atoms with van der Waals surface area (Å²) in [5.74, 6) is -0.555. The van der Waals surface area contributed by atoms with Crippen molar-refractivity contribution in [3.05, 3.63) is 63.1 Å². The highest BCUT2D eigenvalue weighted by atomic mass is 35.5. The van der Waals surface area contributed by atoms with Crippen LogP contribution in [0.2, 0.25) is 10.0 Å². The third-order valence-electron chi connectivity index (χ3n) is 6.32. The molecule has 0 radical (unpaired) electrons. The molecule has 37 heavy (non-hydrogen) atoms. The van der Waals surface area contributed by atoms with Crippen molar-refractivity contribution in [2.75, 3.05) is 23.7 Å². The highest BCUT2D eigenvalue weighted by molar-refractivity contribution is 7.92. The molecule has 204 valence electrons. The maximum Gasteiger partial charge on any atom is 0.242 e. The largest absolute Gasteiger partial charge is 0.354 e. The van der Waals surface area contributed by atoms with Crippen LogP contribution in [0.25, 0.3) is 0 Å².